The van der Waals surface area contributed by atoms with E-state index in [1.54, 1.807) is 6.92 Å². The van der Waals surface area contributed by atoms with Crippen LogP contribution in [0.2, 0.25) is 0 Å². The Morgan fingerprint density at radius 1 is 0.531 bits per heavy atom. The van der Waals surface area contributed by atoms with Gasteiger partial charge in [-0.3, -0.25) is 4.79 Å². The Kier molecular flexibility index (Phi) is 10.6. The molecule has 9 heterocycles. The van der Waals surface area contributed by atoms with Gasteiger partial charge in [-0.2, -0.15) is 0 Å². The summed E-state index contributed by atoms with van der Waals surface area (Å²) in [5, 5.41) is 40.6. The van der Waals surface area contributed by atoms with E-state index in [-0.39, 0.29) is 83.0 Å². The Labute approximate surface area is 367 Å². The van der Waals surface area contributed by atoms with Crippen molar-refractivity contribution >= 4 is 23.7 Å². The maximum Gasteiger partial charge on any atom is 0.337 e. The number of hydrogen-bond donors (Lipinski definition) is 4. The van der Waals surface area contributed by atoms with Crippen LogP contribution in [0.1, 0.15) is 51.9 Å². The number of carbonyl (C=O) groups excluding carboxylic acids is 4. The van der Waals surface area contributed by atoms with Crippen molar-refractivity contribution in [1.29, 1.82) is 0 Å². The highest BCUT2D eigenvalue weighted by Crippen LogP contribution is 2.67. The highest BCUT2D eigenvalue weighted by molar-refractivity contribution is 5.94. The number of methoxy groups -OCH3 is 3. The first-order chi connectivity index (χ1) is 30.5. The molecule has 64 heavy (non-hydrogen) atoms. The first-order valence-corrected chi connectivity index (χ1v) is 21.9. The van der Waals surface area contributed by atoms with Crippen LogP contribution in [0.4, 0.5) is 0 Å². The van der Waals surface area contributed by atoms with Crippen LogP contribution in [0.25, 0.3) is 0 Å². The number of aliphatic hydroxyl groups is 4. The second-order valence-corrected chi connectivity index (χ2v) is 18.8. The molecule has 13 aliphatic rings. The molecule has 4 N–H and O–H groups in total. The summed E-state index contributed by atoms with van der Waals surface area (Å²) in [6.07, 6.45) is 11.6. The minimum absolute atomic E-state index is 0.00120. The second-order valence-electron chi connectivity index (χ2n) is 18.8. The van der Waals surface area contributed by atoms with Gasteiger partial charge >= 0.3 is 41.8 Å². The molecule has 350 valence electrons. The Balaban J connectivity index is 0.000000101. The lowest BCUT2D eigenvalue weighted by Gasteiger charge is -2.36. The molecular formula is C44H54O20. The van der Waals surface area contributed by atoms with E-state index in [1.807, 2.05) is 0 Å². The molecule has 20 nitrogen and oxygen atoms in total. The Hall–Kier alpha value is -4.12. The van der Waals surface area contributed by atoms with Crippen LogP contribution in [0, 0.1) is 65.1 Å². The minimum atomic E-state index is -1.65. The highest BCUT2D eigenvalue weighted by Gasteiger charge is 2.81. The summed E-state index contributed by atoms with van der Waals surface area (Å²) in [5.74, 6) is -7.04. The van der Waals surface area contributed by atoms with Crippen molar-refractivity contribution in [3.8, 4) is 0 Å². The third-order valence-corrected chi connectivity index (χ3v) is 16.0. The van der Waals surface area contributed by atoms with Crippen LogP contribution in [0.5, 0.6) is 0 Å². The molecule has 0 aromatic heterocycles. The first kappa shape index (κ1) is 43.8. The van der Waals surface area contributed by atoms with Crippen molar-refractivity contribution in [2.45, 2.75) is 87.5 Å². The fourth-order valence-electron chi connectivity index (χ4n) is 13.0. The van der Waals surface area contributed by atoms with Crippen LogP contribution in [0.15, 0.2) is 47.3 Å². The molecule has 0 aromatic carbocycles. The molecule has 0 aromatic rings. The van der Waals surface area contributed by atoms with Gasteiger partial charge in [-0.1, -0.05) is 0 Å². The SMILES string of the molecule is CC(=O)C1=CO[C@]2(O)OC[C@@H]3CC[C@H]1[C@@H]32.COC(=O)C1=CO[C@]2(O)OC[C@@H]3CC[C@H]1[C@@H]32.COC(=O)C1=CO[C@]2(O)OC[C@@H]3CC[C@H]1[C@@H]32.COC(=O)C1=CO[C@]2(O)OC[C@]34O[C@H]3C[C@H]1[C@H]24. The molecule has 5 saturated heterocycles. The lowest BCUT2D eigenvalue weighted by Crippen LogP contribution is -2.47. The summed E-state index contributed by atoms with van der Waals surface area (Å²) in [7, 11) is 4.03. The zero-order chi connectivity index (χ0) is 45.1. The van der Waals surface area contributed by atoms with E-state index in [4.69, 9.17) is 56.8 Å². The molecule has 20 heteroatoms. The quantitative estimate of drug-likeness (QED) is 0.175. The van der Waals surface area contributed by atoms with Gasteiger partial charge in [-0.05, 0) is 69.6 Å². The van der Waals surface area contributed by atoms with E-state index < -0.39 is 35.5 Å². The highest BCUT2D eigenvalue weighted by atomic mass is 16.8. The summed E-state index contributed by atoms with van der Waals surface area (Å²) in [4.78, 5) is 46.2. The fraction of sp³-hybridized carbons (Fsp3) is 0.727. The molecule has 4 aliphatic carbocycles. The van der Waals surface area contributed by atoms with Crippen LogP contribution >= 0.6 is 0 Å². The molecule has 13 rings (SSSR count). The maximum absolute atomic E-state index is 11.6. The van der Waals surface area contributed by atoms with Gasteiger partial charge in [-0.15, -0.1) is 0 Å². The number of rotatable bonds is 4. The van der Waals surface area contributed by atoms with Crippen molar-refractivity contribution in [3.05, 3.63) is 47.3 Å². The lowest BCUT2D eigenvalue weighted by atomic mass is 9.82. The molecule has 0 bridgehead atoms. The van der Waals surface area contributed by atoms with Gasteiger partial charge in [0.15, 0.2) is 5.78 Å². The average molecular weight is 903 g/mol. The molecule has 17 atom stereocenters. The van der Waals surface area contributed by atoms with Gasteiger partial charge in [0, 0.05) is 29.2 Å². The normalized spacial score (nSPS) is 47.5. The number of hydrogen-bond acceptors (Lipinski definition) is 20. The van der Waals surface area contributed by atoms with Gasteiger partial charge < -0.3 is 77.3 Å². The largest absolute Gasteiger partial charge is 0.466 e. The first-order valence-electron chi connectivity index (χ1n) is 21.9. The van der Waals surface area contributed by atoms with Crippen molar-refractivity contribution in [2.24, 2.45) is 65.1 Å². The molecular weight excluding hydrogens is 848 g/mol. The number of ketones is 1. The van der Waals surface area contributed by atoms with E-state index in [0.29, 0.717) is 61.1 Å². The average Bonchev–Trinajstić information content (AvgIpc) is 4.09. The zero-order valence-corrected chi connectivity index (χ0v) is 35.8. The van der Waals surface area contributed by atoms with Gasteiger partial charge in [0.25, 0.3) is 0 Å². The number of ether oxygens (including phenoxy) is 12. The van der Waals surface area contributed by atoms with E-state index in [9.17, 15) is 39.6 Å². The fourth-order valence-corrected chi connectivity index (χ4v) is 13.0. The predicted molar refractivity (Wildman–Crippen MR) is 205 cm³/mol. The minimum Gasteiger partial charge on any atom is -0.466 e. The second kappa shape index (κ2) is 15.5. The molecule has 0 unspecified atom stereocenters. The number of esters is 3. The molecule has 1 spiro atoms. The van der Waals surface area contributed by atoms with E-state index in [2.05, 4.69) is 0 Å². The third kappa shape index (κ3) is 6.57. The van der Waals surface area contributed by atoms with Crippen molar-refractivity contribution < 1.29 is 96.4 Å². The summed E-state index contributed by atoms with van der Waals surface area (Å²) < 4.78 is 61.6. The molecule has 9 fully saturated rings. The summed E-state index contributed by atoms with van der Waals surface area (Å²) in [5.41, 5.74) is 1.75. The number of carbonyl (C=O) groups is 4. The van der Waals surface area contributed by atoms with Crippen molar-refractivity contribution in [2.75, 3.05) is 47.8 Å². The summed E-state index contributed by atoms with van der Waals surface area (Å²) in [6, 6.07) is 0. The Morgan fingerprint density at radius 2 is 0.906 bits per heavy atom. The van der Waals surface area contributed by atoms with Crippen molar-refractivity contribution in [3.63, 3.8) is 0 Å². The van der Waals surface area contributed by atoms with Crippen LogP contribution < -0.4 is 0 Å². The Bertz CT molecular complexity index is 2030. The summed E-state index contributed by atoms with van der Waals surface area (Å²) >= 11 is 0. The molecule has 4 saturated carbocycles. The Morgan fingerprint density at radius 3 is 1.31 bits per heavy atom. The van der Waals surface area contributed by atoms with Crippen LogP contribution in [0.3, 0.4) is 0 Å². The zero-order valence-electron chi connectivity index (χ0n) is 35.8. The monoisotopic (exact) mass is 902 g/mol. The number of epoxide rings is 1. The molecule has 0 radical (unpaired) electrons. The van der Waals surface area contributed by atoms with Gasteiger partial charge in [0.2, 0.25) is 0 Å². The molecule has 0 amide bonds. The topological polar surface area (TPSA) is 263 Å². The maximum atomic E-state index is 11.6. The standard InChI is InChI=1S/C11H12O6.2C11H14O5.C11H14O4/c1-14-9(12)6-3-15-11(13)8-5(6)2-7-10(8,17-7)4-16-11;2*1-14-10(12)8-5-16-11(13)9-6(4-15-11)2-3-7(8)9;1-6(12)9-5-15-11(13)10-7(4-14-11)2-3-8(9)10/h3,5,7-8,13H,2,4H2,1H3;2*5-7,9,13H,2-4H2,1H3;5,7-8,10,13H,2-4H2,1H3/t5-,7+,8+,10+,11+;2*6-,7+,9+,11+;7-,8+,10+,11+/m1000/s1. The smallest absolute Gasteiger partial charge is 0.337 e. The van der Waals surface area contributed by atoms with Gasteiger partial charge in [0.1, 0.15) is 24.4 Å². The number of allylic oxidation sites excluding steroid dienone is 1. The van der Waals surface area contributed by atoms with Gasteiger partial charge in [0.05, 0.1) is 101 Å². The summed E-state index contributed by atoms with van der Waals surface area (Å²) in [6.45, 7) is 3.40. The molecule has 9 aliphatic heterocycles. The van der Waals surface area contributed by atoms with E-state index in [0.717, 1.165) is 38.5 Å². The number of Topliss-reactive ketones (excluding diaryl/α,β-unsaturated/α-hetero) is 1. The van der Waals surface area contributed by atoms with Crippen LogP contribution in [-0.2, 0) is 76.0 Å². The van der Waals surface area contributed by atoms with Crippen molar-refractivity contribution in [1.82, 2.24) is 0 Å². The third-order valence-electron chi connectivity index (χ3n) is 16.0. The van der Waals surface area contributed by atoms with Gasteiger partial charge in [-0.25, -0.2) is 14.4 Å². The van der Waals surface area contributed by atoms with E-state index >= 15 is 0 Å². The lowest BCUT2D eigenvalue weighted by molar-refractivity contribution is -0.348. The van der Waals surface area contributed by atoms with Crippen LogP contribution in [-0.4, -0.2) is 127 Å². The predicted octanol–water partition coefficient (Wildman–Crippen LogP) is 1.12. The van der Waals surface area contributed by atoms with E-state index in [1.165, 1.54) is 46.4 Å².